The predicted molar refractivity (Wildman–Crippen MR) is 68.7 cm³/mol. The van der Waals surface area contributed by atoms with Gasteiger partial charge in [-0.1, -0.05) is 20.8 Å². The molecule has 0 aliphatic rings. The SMILES string of the molecule is CCC(CC)(CC)NC(=O)c1cnn(C)c1N. The maximum Gasteiger partial charge on any atom is 0.257 e. The first-order chi connectivity index (χ1) is 7.99. The summed E-state index contributed by atoms with van der Waals surface area (Å²) in [5, 5.41) is 7.05. The molecule has 1 rings (SSSR count). The molecule has 0 unspecified atom stereocenters. The van der Waals surface area contributed by atoms with E-state index in [1.54, 1.807) is 7.05 Å². The first-order valence-electron chi connectivity index (χ1n) is 6.09. The Morgan fingerprint density at radius 3 is 2.29 bits per heavy atom. The number of aromatic nitrogens is 2. The number of aryl methyl sites for hydroxylation is 1. The molecule has 0 aliphatic heterocycles. The lowest BCUT2D eigenvalue weighted by Gasteiger charge is -2.31. The van der Waals surface area contributed by atoms with Crippen LogP contribution in [0.25, 0.3) is 0 Å². The minimum absolute atomic E-state index is 0.138. The van der Waals surface area contributed by atoms with Crippen molar-refractivity contribution in [3.8, 4) is 0 Å². The zero-order chi connectivity index (χ0) is 13.1. The largest absolute Gasteiger partial charge is 0.383 e. The Labute approximate surface area is 102 Å². The third-order valence-corrected chi connectivity index (χ3v) is 3.64. The number of hydrogen-bond donors (Lipinski definition) is 2. The molecule has 1 heterocycles. The van der Waals surface area contributed by atoms with Crippen LogP contribution in [0.2, 0.25) is 0 Å². The maximum absolute atomic E-state index is 12.1. The van der Waals surface area contributed by atoms with E-state index in [-0.39, 0.29) is 11.4 Å². The van der Waals surface area contributed by atoms with Gasteiger partial charge in [-0.2, -0.15) is 5.10 Å². The van der Waals surface area contributed by atoms with E-state index < -0.39 is 0 Å². The Kier molecular flexibility index (Phi) is 4.15. The molecule has 96 valence electrons. The summed E-state index contributed by atoms with van der Waals surface area (Å²) in [4.78, 5) is 12.1. The summed E-state index contributed by atoms with van der Waals surface area (Å²) in [5.74, 6) is 0.265. The van der Waals surface area contributed by atoms with E-state index in [4.69, 9.17) is 5.73 Å². The second-order valence-electron chi connectivity index (χ2n) is 4.36. The zero-order valence-electron chi connectivity index (χ0n) is 11.1. The number of carbonyl (C=O) groups is 1. The molecule has 3 N–H and O–H groups in total. The highest BCUT2D eigenvalue weighted by Gasteiger charge is 2.27. The van der Waals surface area contributed by atoms with Crippen LogP contribution in [-0.2, 0) is 7.05 Å². The fourth-order valence-electron chi connectivity index (χ4n) is 1.95. The van der Waals surface area contributed by atoms with Gasteiger partial charge >= 0.3 is 0 Å². The number of amides is 1. The first-order valence-corrected chi connectivity index (χ1v) is 6.09. The molecule has 0 fully saturated rings. The van der Waals surface area contributed by atoms with Gasteiger partial charge in [-0.15, -0.1) is 0 Å². The van der Waals surface area contributed by atoms with Gasteiger partial charge in [0.15, 0.2) is 0 Å². The van der Waals surface area contributed by atoms with Gasteiger partial charge in [0, 0.05) is 12.6 Å². The van der Waals surface area contributed by atoms with Crippen molar-refractivity contribution in [1.82, 2.24) is 15.1 Å². The summed E-state index contributed by atoms with van der Waals surface area (Å²) < 4.78 is 1.50. The highest BCUT2D eigenvalue weighted by Crippen LogP contribution is 2.21. The van der Waals surface area contributed by atoms with E-state index in [2.05, 4.69) is 31.2 Å². The van der Waals surface area contributed by atoms with E-state index in [1.165, 1.54) is 10.9 Å². The Hall–Kier alpha value is -1.52. The summed E-state index contributed by atoms with van der Waals surface area (Å²) >= 11 is 0. The van der Waals surface area contributed by atoms with Crippen LogP contribution in [0.3, 0.4) is 0 Å². The van der Waals surface area contributed by atoms with E-state index in [0.29, 0.717) is 11.4 Å². The third kappa shape index (κ3) is 2.60. The van der Waals surface area contributed by atoms with Gasteiger partial charge in [0.05, 0.1) is 6.20 Å². The highest BCUT2D eigenvalue weighted by molar-refractivity contribution is 5.98. The second kappa shape index (κ2) is 5.21. The summed E-state index contributed by atoms with van der Waals surface area (Å²) in [6.07, 6.45) is 4.24. The van der Waals surface area contributed by atoms with Crippen LogP contribution in [0.5, 0.6) is 0 Å². The third-order valence-electron chi connectivity index (χ3n) is 3.64. The quantitative estimate of drug-likeness (QED) is 0.820. The fourth-order valence-corrected chi connectivity index (χ4v) is 1.95. The van der Waals surface area contributed by atoms with Gasteiger partial charge in [0.2, 0.25) is 0 Å². The molecule has 1 amide bonds. The van der Waals surface area contributed by atoms with Crippen molar-refractivity contribution in [3.63, 3.8) is 0 Å². The first kappa shape index (κ1) is 13.5. The Bertz CT molecular complexity index is 385. The topological polar surface area (TPSA) is 72.9 Å². The van der Waals surface area contributed by atoms with Crippen LogP contribution in [0.15, 0.2) is 6.20 Å². The second-order valence-corrected chi connectivity index (χ2v) is 4.36. The van der Waals surface area contributed by atoms with Crippen LogP contribution < -0.4 is 11.1 Å². The van der Waals surface area contributed by atoms with Gasteiger partial charge in [-0.25, -0.2) is 0 Å². The van der Waals surface area contributed by atoms with Crippen LogP contribution in [0, 0.1) is 0 Å². The van der Waals surface area contributed by atoms with E-state index >= 15 is 0 Å². The molecule has 1 aromatic heterocycles. The molecule has 5 nitrogen and oxygen atoms in total. The van der Waals surface area contributed by atoms with Gasteiger partial charge in [-0.05, 0) is 19.3 Å². The molecule has 0 aliphatic carbocycles. The number of carbonyl (C=O) groups excluding carboxylic acids is 1. The van der Waals surface area contributed by atoms with E-state index in [9.17, 15) is 4.79 Å². The molecular weight excluding hydrogens is 216 g/mol. The fraction of sp³-hybridized carbons (Fsp3) is 0.667. The molecule has 17 heavy (non-hydrogen) atoms. The van der Waals surface area contributed by atoms with Gasteiger partial charge in [0.1, 0.15) is 11.4 Å². The lowest BCUT2D eigenvalue weighted by atomic mass is 9.89. The lowest BCUT2D eigenvalue weighted by molar-refractivity contribution is 0.0889. The van der Waals surface area contributed by atoms with Crippen molar-refractivity contribution in [2.24, 2.45) is 7.05 Å². The molecule has 5 heteroatoms. The zero-order valence-corrected chi connectivity index (χ0v) is 11.1. The molecule has 0 saturated carbocycles. The number of nitrogen functional groups attached to an aromatic ring is 1. The Morgan fingerprint density at radius 2 is 1.94 bits per heavy atom. The number of rotatable bonds is 5. The van der Waals surface area contributed by atoms with Crippen LogP contribution in [-0.4, -0.2) is 21.2 Å². The number of hydrogen-bond acceptors (Lipinski definition) is 3. The van der Waals surface area contributed by atoms with E-state index in [0.717, 1.165) is 19.3 Å². The van der Waals surface area contributed by atoms with Crippen LogP contribution in [0.1, 0.15) is 50.4 Å². The summed E-state index contributed by atoms with van der Waals surface area (Å²) in [6.45, 7) is 6.25. The number of anilines is 1. The average molecular weight is 238 g/mol. The minimum atomic E-state index is -0.140. The molecule has 0 bridgehead atoms. The van der Waals surface area contributed by atoms with Gasteiger partial charge in [0.25, 0.3) is 5.91 Å². The predicted octanol–water partition coefficient (Wildman–Crippen LogP) is 1.70. The van der Waals surface area contributed by atoms with Gasteiger partial charge in [-0.3, -0.25) is 9.48 Å². The minimum Gasteiger partial charge on any atom is -0.383 e. The van der Waals surface area contributed by atoms with E-state index in [1.807, 2.05) is 0 Å². The number of nitrogens with two attached hydrogens (primary N) is 1. The van der Waals surface area contributed by atoms with Crippen molar-refractivity contribution in [2.75, 3.05) is 5.73 Å². The van der Waals surface area contributed by atoms with Crippen molar-refractivity contribution >= 4 is 11.7 Å². The molecule has 0 aromatic carbocycles. The molecule has 1 aromatic rings. The normalized spacial score (nSPS) is 11.5. The summed E-state index contributed by atoms with van der Waals surface area (Å²) in [7, 11) is 1.72. The summed E-state index contributed by atoms with van der Waals surface area (Å²) in [5.41, 5.74) is 6.10. The molecule has 0 atom stereocenters. The smallest absolute Gasteiger partial charge is 0.257 e. The Morgan fingerprint density at radius 1 is 1.41 bits per heavy atom. The van der Waals surface area contributed by atoms with Crippen molar-refractivity contribution in [3.05, 3.63) is 11.8 Å². The molecular formula is C12H22N4O. The number of nitrogens with zero attached hydrogens (tertiary/aromatic N) is 2. The van der Waals surface area contributed by atoms with Crippen LogP contribution in [0.4, 0.5) is 5.82 Å². The Balaban J connectivity index is 2.88. The molecule has 0 spiro atoms. The van der Waals surface area contributed by atoms with Crippen molar-refractivity contribution in [1.29, 1.82) is 0 Å². The van der Waals surface area contributed by atoms with Crippen molar-refractivity contribution in [2.45, 2.75) is 45.6 Å². The summed E-state index contributed by atoms with van der Waals surface area (Å²) in [6, 6.07) is 0. The average Bonchev–Trinajstić information content (AvgIpc) is 2.67. The van der Waals surface area contributed by atoms with Crippen molar-refractivity contribution < 1.29 is 4.79 Å². The maximum atomic E-state index is 12.1. The highest BCUT2D eigenvalue weighted by atomic mass is 16.1. The molecule has 0 saturated heterocycles. The lowest BCUT2D eigenvalue weighted by Crippen LogP contribution is -2.47. The number of nitrogens with one attached hydrogen (secondary N) is 1. The van der Waals surface area contributed by atoms with Crippen LogP contribution >= 0.6 is 0 Å². The monoisotopic (exact) mass is 238 g/mol. The standard InChI is InChI=1S/C12H22N4O/c1-5-12(6-2,7-3)15-11(17)9-8-14-16(4)10(9)13/h8H,5-7,13H2,1-4H3,(H,15,17). The van der Waals surface area contributed by atoms with Gasteiger partial charge < -0.3 is 11.1 Å². The molecule has 0 radical (unpaired) electrons.